The lowest BCUT2D eigenvalue weighted by Crippen LogP contribution is -2.65. The minimum Gasteiger partial charge on any atom is -0.481 e. The van der Waals surface area contributed by atoms with E-state index in [1.807, 2.05) is 0 Å². The van der Waals surface area contributed by atoms with Gasteiger partial charge < -0.3 is 25.8 Å². The molecule has 3 fully saturated rings. The van der Waals surface area contributed by atoms with Crippen molar-refractivity contribution in [1.29, 1.82) is 0 Å². The highest BCUT2D eigenvalue weighted by atomic mass is 35.5. The summed E-state index contributed by atoms with van der Waals surface area (Å²) in [6.45, 7) is 2.87. The van der Waals surface area contributed by atoms with Gasteiger partial charge in [-0.1, -0.05) is 54.6 Å². The summed E-state index contributed by atoms with van der Waals surface area (Å²) in [4.78, 5) is 91.9. The molecular formula is C33H41Cl2N5O9. The summed E-state index contributed by atoms with van der Waals surface area (Å²) in [5.41, 5.74) is -0.170. The van der Waals surface area contributed by atoms with Crippen LogP contribution < -0.4 is 16.0 Å². The number of carboxylic acids is 1. The maximum atomic E-state index is 13.9. The summed E-state index contributed by atoms with van der Waals surface area (Å²) >= 11 is 12.2. The number of benzene rings is 1. The second kappa shape index (κ2) is 17.5. The molecule has 49 heavy (non-hydrogen) atoms. The van der Waals surface area contributed by atoms with Crippen molar-refractivity contribution < 1.29 is 43.4 Å². The predicted octanol–water partition coefficient (Wildman–Crippen LogP) is 3.40. The first-order valence-electron chi connectivity index (χ1n) is 16.4. The van der Waals surface area contributed by atoms with E-state index >= 15 is 0 Å². The lowest BCUT2D eigenvalue weighted by atomic mass is 9.94. The molecule has 3 aliphatic rings. The summed E-state index contributed by atoms with van der Waals surface area (Å²) in [7, 11) is 0. The lowest BCUT2D eigenvalue weighted by Gasteiger charge is -2.43. The molecule has 4 atom stereocenters. The van der Waals surface area contributed by atoms with Crippen LogP contribution in [-0.2, 0) is 28.7 Å². The average molecular weight is 723 g/mol. The Kier molecular flexibility index (Phi) is 13.4. The Hall–Kier alpha value is -4.17. The zero-order chi connectivity index (χ0) is 35.7. The number of nitrogens with zero attached hydrogens (tertiary/aromatic N) is 2. The number of fused-ring (bicyclic) bond motifs is 1. The average Bonchev–Trinajstić information content (AvgIpc) is 3.18. The van der Waals surface area contributed by atoms with E-state index in [1.165, 1.54) is 29.3 Å². The van der Waals surface area contributed by atoms with Crippen molar-refractivity contribution in [2.75, 3.05) is 13.2 Å². The molecular weight excluding hydrogens is 681 g/mol. The SMILES string of the molecule is C=CCC(C[C@H](NC(=O)[C@@H]1CCCN2C(=O)CC[C@H](NC(=O)NC3CCCCC3)C(=O)N12)C(=O)COC(=O)c1c(Cl)cccc1Cl)C(=O)O. The van der Waals surface area contributed by atoms with E-state index in [0.717, 1.165) is 37.1 Å². The predicted molar refractivity (Wildman–Crippen MR) is 177 cm³/mol. The molecule has 4 rings (SSSR count). The molecule has 16 heteroatoms. The van der Waals surface area contributed by atoms with Gasteiger partial charge in [0.15, 0.2) is 12.4 Å². The van der Waals surface area contributed by atoms with E-state index in [4.69, 9.17) is 27.9 Å². The number of hydrazine groups is 1. The first kappa shape index (κ1) is 37.6. The third-order valence-electron chi connectivity index (χ3n) is 8.95. The van der Waals surface area contributed by atoms with Gasteiger partial charge in [0.05, 0.1) is 27.6 Å². The van der Waals surface area contributed by atoms with Crippen LogP contribution in [0.1, 0.15) is 81.0 Å². The second-order valence-corrected chi connectivity index (χ2v) is 13.2. The quantitative estimate of drug-likeness (QED) is 0.175. The number of ether oxygens (including phenoxy) is 1. The third kappa shape index (κ3) is 9.72. The number of nitrogens with one attached hydrogen (secondary N) is 3. The van der Waals surface area contributed by atoms with Crippen LogP contribution >= 0.6 is 23.2 Å². The number of halogens is 2. The van der Waals surface area contributed by atoms with Crippen LogP contribution in [0, 0.1) is 5.92 Å². The molecule has 2 heterocycles. The molecule has 4 N–H and O–H groups in total. The number of hydrogen-bond acceptors (Lipinski definition) is 8. The fourth-order valence-electron chi connectivity index (χ4n) is 6.36. The van der Waals surface area contributed by atoms with Crippen molar-refractivity contribution >= 4 is 64.7 Å². The van der Waals surface area contributed by atoms with Crippen LogP contribution in [0.25, 0.3) is 0 Å². The number of ketones is 1. The Bertz CT molecular complexity index is 1450. The topological polar surface area (TPSA) is 192 Å². The number of carboxylic acid groups (broad SMARTS) is 1. The molecule has 1 unspecified atom stereocenters. The Balaban J connectivity index is 1.51. The third-order valence-corrected chi connectivity index (χ3v) is 9.58. The Morgan fingerprint density at radius 3 is 2.35 bits per heavy atom. The number of hydrogen-bond donors (Lipinski definition) is 4. The molecule has 5 amide bonds. The van der Waals surface area contributed by atoms with Gasteiger partial charge in [0.25, 0.3) is 5.91 Å². The van der Waals surface area contributed by atoms with Crippen molar-refractivity contribution in [3.63, 3.8) is 0 Å². The van der Waals surface area contributed by atoms with E-state index in [2.05, 4.69) is 22.5 Å². The van der Waals surface area contributed by atoms with E-state index in [0.29, 0.717) is 6.42 Å². The minimum atomic E-state index is -1.47. The van der Waals surface area contributed by atoms with Crippen LogP contribution in [0.5, 0.6) is 0 Å². The fraction of sp³-hybridized carbons (Fsp3) is 0.545. The molecule has 1 aliphatic carbocycles. The normalized spacial score (nSPS) is 21.0. The summed E-state index contributed by atoms with van der Waals surface area (Å²) in [5.74, 6) is -6.10. The zero-order valence-electron chi connectivity index (χ0n) is 27.0. The number of rotatable bonds is 13. The summed E-state index contributed by atoms with van der Waals surface area (Å²) in [6, 6.07) is -0.0351. The van der Waals surface area contributed by atoms with Gasteiger partial charge in [-0.2, -0.15) is 0 Å². The fourth-order valence-corrected chi connectivity index (χ4v) is 6.91. The van der Waals surface area contributed by atoms with Crippen LogP contribution in [0.2, 0.25) is 10.0 Å². The van der Waals surface area contributed by atoms with Gasteiger partial charge in [0.2, 0.25) is 11.8 Å². The molecule has 2 aliphatic heterocycles. The van der Waals surface area contributed by atoms with Crippen molar-refractivity contribution in [2.24, 2.45) is 5.92 Å². The Morgan fingerprint density at radius 2 is 1.69 bits per heavy atom. The Morgan fingerprint density at radius 1 is 1.00 bits per heavy atom. The highest BCUT2D eigenvalue weighted by molar-refractivity contribution is 6.39. The summed E-state index contributed by atoms with van der Waals surface area (Å²) in [5, 5.41) is 20.1. The highest BCUT2D eigenvalue weighted by Gasteiger charge is 2.45. The van der Waals surface area contributed by atoms with Gasteiger partial charge >= 0.3 is 18.0 Å². The van der Waals surface area contributed by atoms with Crippen LogP contribution in [0.3, 0.4) is 0 Å². The first-order valence-corrected chi connectivity index (χ1v) is 17.1. The largest absolute Gasteiger partial charge is 0.481 e. The number of Topliss-reactive ketones (excluding diaryl/α,β-unsaturated/α-hetero) is 1. The van der Waals surface area contributed by atoms with Crippen LogP contribution in [-0.4, -0.2) is 93.9 Å². The van der Waals surface area contributed by atoms with Crippen LogP contribution in [0.15, 0.2) is 30.9 Å². The van der Waals surface area contributed by atoms with Gasteiger partial charge in [-0.25, -0.2) is 14.6 Å². The van der Waals surface area contributed by atoms with Crippen molar-refractivity contribution in [3.8, 4) is 0 Å². The maximum Gasteiger partial charge on any atom is 0.341 e. The molecule has 1 aromatic carbocycles. The monoisotopic (exact) mass is 721 g/mol. The van der Waals surface area contributed by atoms with Crippen molar-refractivity contribution in [3.05, 3.63) is 46.5 Å². The minimum absolute atomic E-state index is 0.00972. The number of carbonyl (C=O) groups excluding carboxylic acids is 6. The van der Waals surface area contributed by atoms with Gasteiger partial charge in [-0.05, 0) is 57.1 Å². The van der Waals surface area contributed by atoms with Crippen molar-refractivity contribution in [1.82, 2.24) is 26.0 Å². The van der Waals surface area contributed by atoms with Gasteiger partial charge in [0.1, 0.15) is 12.1 Å². The molecule has 0 aromatic heterocycles. The van der Waals surface area contributed by atoms with Gasteiger partial charge in [0, 0.05) is 19.0 Å². The maximum absolute atomic E-state index is 13.9. The lowest BCUT2D eigenvalue weighted by molar-refractivity contribution is -0.176. The number of amides is 5. The molecule has 0 spiro atoms. The molecule has 266 valence electrons. The van der Waals surface area contributed by atoms with E-state index in [1.54, 1.807) is 0 Å². The molecule has 2 saturated heterocycles. The summed E-state index contributed by atoms with van der Waals surface area (Å²) in [6.07, 6.45) is 6.14. The second-order valence-electron chi connectivity index (χ2n) is 12.4. The van der Waals surface area contributed by atoms with E-state index in [9.17, 15) is 38.7 Å². The van der Waals surface area contributed by atoms with E-state index in [-0.39, 0.29) is 60.3 Å². The number of esters is 1. The molecule has 1 aromatic rings. The van der Waals surface area contributed by atoms with Gasteiger partial charge in [-0.3, -0.25) is 29.0 Å². The van der Waals surface area contributed by atoms with Crippen LogP contribution in [0.4, 0.5) is 4.79 Å². The molecule has 0 radical (unpaired) electrons. The Labute approximate surface area is 293 Å². The number of urea groups is 1. The van der Waals surface area contributed by atoms with E-state index < -0.39 is 72.1 Å². The zero-order valence-corrected chi connectivity index (χ0v) is 28.5. The molecule has 14 nitrogen and oxygen atoms in total. The standard InChI is InChI=1S/C33H41Cl2N5O9/c1-2-8-19(31(45)46)17-24(26(41)18-49-32(47)28-21(34)11-6-12-22(28)35)37-29(43)25-13-7-16-39-27(42)15-14-23(30(44)40(25)39)38-33(48)36-20-9-4-3-5-10-20/h2,6,11-12,19-20,23-25H,1,3-5,7-10,13-18H2,(H,37,43)(H,45,46)(H2,36,38,48)/t19?,23-,24-,25-/m0/s1. The number of aliphatic carboxylic acids is 1. The summed E-state index contributed by atoms with van der Waals surface area (Å²) < 4.78 is 5.16. The van der Waals surface area contributed by atoms with Crippen molar-refractivity contribution in [2.45, 2.75) is 94.8 Å². The molecule has 0 bridgehead atoms. The van der Waals surface area contributed by atoms with Gasteiger partial charge in [-0.15, -0.1) is 6.58 Å². The smallest absolute Gasteiger partial charge is 0.341 e. The number of allylic oxidation sites excluding steroid dienone is 1. The first-order chi connectivity index (χ1) is 23.4. The number of carbonyl (C=O) groups is 7. The molecule has 1 saturated carbocycles. The highest BCUT2D eigenvalue weighted by Crippen LogP contribution is 2.27.